The van der Waals surface area contributed by atoms with Crippen molar-refractivity contribution in [2.45, 2.75) is 33.0 Å². The number of rotatable bonds is 4. The largest absolute Gasteiger partial charge is 0.497 e. The highest BCUT2D eigenvalue weighted by molar-refractivity contribution is 7.09. The van der Waals surface area contributed by atoms with Crippen molar-refractivity contribution >= 4 is 17.2 Å². The molecule has 0 saturated carbocycles. The highest BCUT2D eigenvalue weighted by atomic mass is 32.1. The second kappa shape index (κ2) is 6.53. The fourth-order valence-electron chi connectivity index (χ4n) is 3.19. The number of amides is 1. The van der Waals surface area contributed by atoms with Gasteiger partial charge in [0, 0.05) is 11.9 Å². The van der Waals surface area contributed by atoms with Crippen LogP contribution in [0, 0.1) is 6.92 Å². The van der Waals surface area contributed by atoms with Crippen LogP contribution in [-0.4, -0.2) is 37.7 Å². The third-order valence-corrected chi connectivity index (χ3v) is 5.31. The highest BCUT2D eigenvalue weighted by Gasteiger charge is 2.33. The molecule has 1 amide bonds. The Balaban J connectivity index is 1.61. The molecule has 0 bridgehead atoms. The van der Waals surface area contributed by atoms with Crippen molar-refractivity contribution in [1.29, 1.82) is 0 Å². The van der Waals surface area contributed by atoms with Gasteiger partial charge in [-0.1, -0.05) is 12.1 Å². The second-order valence-corrected chi connectivity index (χ2v) is 7.34. The van der Waals surface area contributed by atoms with Crippen molar-refractivity contribution in [1.82, 2.24) is 24.6 Å². The van der Waals surface area contributed by atoms with E-state index in [0.717, 1.165) is 27.8 Å². The molecular weight excluding hydrogens is 350 g/mol. The van der Waals surface area contributed by atoms with Crippen molar-refractivity contribution in [3.05, 3.63) is 46.0 Å². The number of thiazole rings is 1. The molecule has 1 aromatic carbocycles. The number of fused-ring (bicyclic) bond motifs is 1. The molecule has 0 radical (unpaired) electrons. The average Bonchev–Trinajstić information content (AvgIpc) is 3.26. The lowest BCUT2D eigenvalue weighted by atomic mass is 10.1. The van der Waals surface area contributed by atoms with Crippen LogP contribution in [0.3, 0.4) is 0 Å². The van der Waals surface area contributed by atoms with Crippen molar-refractivity contribution in [2.24, 2.45) is 0 Å². The van der Waals surface area contributed by atoms with E-state index in [1.165, 1.54) is 0 Å². The Bertz CT molecular complexity index is 947. The minimum absolute atomic E-state index is 0.0568. The van der Waals surface area contributed by atoms with E-state index >= 15 is 0 Å². The molecule has 1 aliphatic rings. The molecule has 1 aliphatic heterocycles. The fraction of sp³-hybridized carbons (Fsp3) is 0.333. The van der Waals surface area contributed by atoms with Gasteiger partial charge >= 0.3 is 0 Å². The van der Waals surface area contributed by atoms with Crippen LogP contribution in [0.5, 0.6) is 5.75 Å². The molecule has 0 spiro atoms. The summed E-state index contributed by atoms with van der Waals surface area (Å²) in [6.07, 6.45) is 0. The van der Waals surface area contributed by atoms with Gasteiger partial charge in [0.15, 0.2) is 11.6 Å². The van der Waals surface area contributed by atoms with Crippen molar-refractivity contribution in [2.75, 3.05) is 7.11 Å². The molecule has 0 saturated heterocycles. The van der Waals surface area contributed by atoms with Gasteiger partial charge in [0.05, 0.1) is 18.7 Å². The van der Waals surface area contributed by atoms with Crippen LogP contribution in [0.15, 0.2) is 29.6 Å². The number of hydrogen-bond donors (Lipinski definition) is 0. The minimum atomic E-state index is -0.357. The van der Waals surface area contributed by atoms with E-state index < -0.39 is 0 Å². The van der Waals surface area contributed by atoms with Crippen LogP contribution >= 0.6 is 11.3 Å². The first-order chi connectivity index (χ1) is 12.6. The standard InChI is InChI=1S/C18H19N5O2S/c1-11-18(24)22(8-13-4-6-14(25-3)7-5-13)9-16-20-21-17(23(11)16)15-10-26-12(2)19-15/h4-7,10-11H,8-9H2,1-3H3/t11-/m0/s1. The second-order valence-electron chi connectivity index (χ2n) is 6.28. The van der Waals surface area contributed by atoms with Crippen LogP contribution in [-0.2, 0) is 17.9 Å². The molecule has 0 unspecified atom stereocenters. The minimum Gasteiger partial charge on any atom is -0.497 e. The molecule has 4 rings (SSSR count). The Morgan fingerprint density at radius 2 is 2.04 bits per heavy atom. The lowest BCUT2D eigenvalue weighted by Crippen LogP contribution is -2.41. The van der Waals surface area contributed by atoms with Crippen LogP contribution in [0.1, 0.15) is 29.4 Å². The third-order valence-electron chi connectivity index (χ3n) is 4.54. The number of carbonyl (C=O) groups is 1. The van der Waals surface area contributed by atoms with E-state index in [4.69, 9.17) is 4.74 Å². The maximum atomic E-state index is 12.9. The maximum Gasteiger partial charge on any atom is 0.246 e. The number of benzene rings is 1. The molecule has 8 heteroatoms. The van der Waals surface area contributed by atoms with Gasteiger partial charge in [0.2, 0.25) is 5.91 Å². The average molecular weight is 369 g/mol. The van der Waals surface area contributed by atoms with E-state index in [9.17, 15) is 4.79 Å². The summed E-state index contributed by atoms with van der Waals surface area (Å²) in [4.78, 5) is 19.2. The first-order valence-electron chi connectivity index (χ1n) is 8.35. The Morgan fingerprint density at radius 1 is 1.27 bits per heavy atom. The summed E-state index contributed by atoms with van der Waals surface area (Å²) < 4.78 is 7.09. The Kier molecular flexibility index (Phi) is 4.20. The summed E-state index contributed by atoms with van der Waals surface area (Å²) >= 11 is 1.56. The molecule has 3 heterocycles. The molecule has 0 N–H and O–H groups in total. The van der Waals surface area contributed by atoms with Crippen molar-refractivity contribution in [3.63, 3.8) is 0 Å². The number of aryl methyl sites for hydroxylation is 1. The van der Waals surface area contributed by atoms with Gasteiger partial charge < -0.3 is 9.64 Å². The zero-order valence-electron chi connectivity index (χ0n) is 14.8. The Labute approximate surface area is 155 Å². The summed E-state index contributed by atoms with van der Waals surface area (Å²) in [6, 6.07) is 7.39. The topological polar surface area (TPSA) is 73.1 Å². The predicted octanol–water partition coefficient (Wildman–Crippen LogP) is 2.82. The van der Waals surface area contributed by atoms with Crippen LogP contribution in [0.25, 0.3) is 11.5 Å². The predicted molar refractivity (Wildman–Crippen MR) is 97.8 cm³/mol. The molecule has 3 aromatic rings. The zero-order valence-corrected chi connectivity index (χ0v) is 15.7. The van der Waals surface area contributed by atoms with Crippen LogP contribution in [0.4, 0.5) is 0 Å². The molecule has 134 valence electrons. The summed E-state index contributed by atoms with van der Waals surface area (Å²) in [5.41, 5.74) is 1.82. The number of carbonyl (C=O) groups excluding carboxylic acids is 1. The van der Waals surface area contributed by atoms with Gasteiger partial charge in [-0.3, -0.25) is 9.36 Å². The van der Waals surface area contributed by atoms with Crippen molar-refractivity contribution < 1.29 is 9.53 Å². The summed E-state index contributed by atoms with van der Waals surface area (Å²) in [6.45, 7) is 4.81. The van der Waals surface area contributed by atoms with E-state index in [-0.39, 0.29) is 11.9 Å². The number of hydrogen-bond acceptors (Lipinski definition) is 6. The number of nitrogens with zero attached hydrogens (tertiary/aromatic N) is 5. The quantitative estimate of drug-likeness (QED) is 0.707. The van der Waals surface area contributed by atoms with Crippen LogP contribution < -0.4 is 4.74 Å². The smallest absolute Gasteiger partial charge is 0.246 e. The molecule has 0 aliphatic carbocycles. The summed E-state index contributed by atoms with van der Waals surface area (Å²) in [5, 5.41) is 11.5. The molecule has 1 atom stereocenters. The van der Waals surface area contributed by atoms with Gasteiger partial charge in [-0.25, -0.2) is 4.98 Å². The summed E-state index contributed by atoms with van der Waals surface area (Å²) in [5.74, 6) is 2.30. The van der Waals surface area contributed by atoms with Crippen molar-refractivity contribution in [3.8, 4) is 17.3 Å². The first-order valence-corrected chi connectivity index (χ1v) is 9.23. The Hall–Kier alpha value is -2.74. The Morgan fingerprint density at radius 3 is 2.69 bits per heavy atom. The van der Waals surface area contributed by atoms with Gasteiger partial charge in [-0.05, 0) is 31.5 Å². The van der Waals surface area contributed by atoms with Gasteiger partial charge in [0.1, 0.15) is 17.5 Å². The van der Waals surface area contributed by atoms with E-state index in [0.29, 0.717) is 18.9 Å². The third kappa shape index (κ3) is 2.86. The lowest BCUT2D eigenvalue weighted by Gasteiger charge is -2.32. The normalized spacial score (nSPS) is 16.7. The van der Waals surface area contributed by atoms with Gasteiger partial charge in [-0.2, -0.15) is 0 Å². The zero-order chi connectivity index (χ0) is 18.3. The molecule has 26 heavy (non-hydrogen) atoms. The number of aromatic nitrogens is 4. The number of methoxy groups -OCH3 is 1. The molecule has 7 nitrogen and oxygen atoms in total. The lowest BCUT2D eigenvalue weighted by molar-refractivity contribution is -0.137. The SMILES string of the molecule is COc1ccc(CN2Cc3nnc(-c4csc(C)n4)n3[C@@H](C)C2=O)cc1. The van der Waals surface area contributed by atoms with E-state index in [2.05, 4.69) is 15.2 Å². The monoisotopic (exact) mass is 369 g/mol. The molecular formula is C18H19N5O2S. The molecule has 0 fully saturated rings. The first kappa shape index (κ1) is 16.7. The number of ether oxygens (including phenoxy) is 1. The van der Waals surface area contributed by atoms with Gasteiger partial charge in [0.25, 0.3) is 0 Å². The summed E-state index contributed by atoms with van der Waals surface area (Å²) in [7, 11) is 1.64. The fourth-order valence-corrected chi connectivity index (χ4v) is 3.78. The van der Waals surface area contributed by atoms with E-state index in [1.54, 1.807) is 18.4 Å². The highest BCUT2D eigenvalue weighted by Crippen LogP contribution is 2.29. The van der Waals surface area contributed by atoms with Crippen LogP contribution in [0.2, 0.25) is 0 Å². The van der Waals surface area contributed by atoms with Gasteiger partial charge in [-0.15, -0.1) is 21.5 Å². The maximum absolute atomic E-state index is 12.9. The van der Waals surface area contributed by atoms with E-state index in [1.807, 2.05) is 53.0 Å². The molecule has 2 aromatic heterocycles.